The fraction of sp³-hybridized carbons (Fsp3) is 0.0625. The van der Waals surface area contributed by atoms with Crippen molar-refractivity contribution in [3.05, 3.63) is 91.8 Å². The Labute approximate surface area is 140 Å². The second kappa shape index (κ2) is 6.40. The van der Waals surface area contributed by atoms with Gasteiger partial charge in [0.05, 0.1) is 21.6 Å². The summed E-state index contributed by atoms with van der Waals surface area (Å²) in [6, 6.07) is 11.8. The average molecular weight is 341 g/mol. The third-order valence-electron chi connectivity index (χ3n) is 3.63. The molecule has 0 saturated carbocycles. The normalized spacial score (nSPS) is 16.1. The van der Waals surface area contributed by atoms with Gasteiger partial charge in [-0.2, -0.15) is 0 Å². The SMILES string of the molecule is O=C1OC(/C(=C\Nc2ccc([N+](=O)[O-])cc2)[N+](=O)[O-])c2ccccc21. The average Bonchev–Trinajstić information content (AvgIpc) is 2.92. The first-order valence-corrected chi connectivity index (χ1v) is 7.12. The zero-order chi connectivity index (χ0) is 18.0. The van der Waals surface area contributed by atoms with Gasteiger partial charge in [-0.15, -0.1) is 0 Å². The molecule has 1 atom stereocenters. The van der Waals surface area contributed by atoms with Crippen LogP contribution in [0.4, 0.5) is 11.4 Å². The van der Waals surface area contributed by atoms with E-state index in [2.05, 4.69) is 5.32 Å². The molecule has 1 aliphatic rings. The second-order valence-corrected chi connectivity index (χ2v) is 5.15. The lowest BCUT2D eigenvalue weighted by Gasteiger charge is -2.08. The molecule has 0 fully saturated rings. The third-order valence-corrected chi connectivity index (χ3v) is 3.63. The van der Waals surface area contributed by atoms with Gasteiger partial charge in [0.15, 0.2) is 0 Å². The van der Waals surface area contributed by atoms with Gasteiger partial charge in [0, 0.05) is 23.4 Å². The van der Waals surface area contributed by atoms with Crippen molar-refractivity contribution in [2.75, 3.05) is 5.32 Å². The number of non-ortho nitro benzene ring substituents is 1. The van der Waals surface area contributed by atoms with Crippen LogP contribution in [0.5, 0.6) is 0 Å². The highest BCUT2D eigenvalue weighted by molar-refractivity contribution is 5.94. The molecule has 9 heteroatoms. The van der Waals surface area contributed by atoms with Crippen molar-refractivity contribution in [1.82, 2.24) is 0 Å². The highest BCUT2D eigenvalue weighted by Crippen LogP contribution is 2.35. The number of hydrogen-bond acceptors (Lipinski definition) is 7. The Hall–Kier alpha value is -3.75. The maximum Gasteiger partial charge on any atom is 0.339 e. The van der Waals surface area contributed by atoms with Crippen molar-refractivity contribution in [3.8, 4) is 0 Å². The van der Waals surface area contributed by atoms with E-state index in [1.54, 1.807) is 24.3 Å². The van der Waals surface area contributed by atoms with E-state index >= 15 is 0 Å². The van der Waals surface area contributed by atoms with Gasteiger partial charge in [0.2, 0.25) is 6.10 Å². The van der Waals surface area contributed by atoms with Crippen LogP contribution >= 0.6 is 0 Å². The minimum absolute atomic E-state index is 0.0947. The molecule has 9 nitrogen and oxygen atoms in total. The van der Waals surface area contributed by atoms with Gasteiger partial charge in [0.25, 0.3) is 5.69 Å². The Morgan fingerprint density at radius 1 is 1.08 bits per heavy atom. The van der Waals surface area contributed by atoms with Crippen LogP contribution in [0.2, 0.25) is 0 Å². The first kappa shape index (κ1) is 16.1. The zero-order valence-electron chi connectivity index (χ0n) is 12.6. The van der Waals surface area contributed by atoms with Crippen LogP contribution in [-0.4, -0.2) is 15.8 Å². The number of nitrogens with one attached hydrogen (secondary N) is 1. The Morgan fingerprint density at radius 2 is 1.76 bits per heavy atom. The molecule has 0 amide bonds. The molecule has 0 saturated heterocycles. The van der Waals surface area contributed by atoms with Gasteiger partial charge < -0.3 is 10.1 Å². The number of nitrogens with zero attached hydrogens (tertiary/aromatic N) is 2. The summed E-state index contributed by atoms with van der Waals surface area (Å²) in [6.07, 6.45) is -0.00875. The van der Waals surface area contributed by atoms with Crippen molar-refractivity contribution in [3.63, 3.8) is 0 Å². The van der Waals surface area contributed by atoms with E-state index in [0.717, 1.165) is 6.20 Å². The number of nitro groups is 2. The van der Waals surface area contributed by atoms with E-state index < -0.39 is 21.9 Å². The number of esters is 1. The Morgan fingerprint density at radius 3 is 2.40 bits per heavy atom. The van der Waals surface area contributed by atoms with Crippen LogP contribution < -0.4 is 5.32 Å². The molecular formula is C16H11N3O6. The number of anilines is 1. The van der Waals surface area contributed by atoms with Crippen LogP contribution in [0.3, 0.4) is 0 Å². The third kappa shape index (κ3) is 3.15. The molecular weight excluding hydrogens is 330 g/mol. The minimum Gasteiger partial charge on any atom is -0.442 e. The number of fused-ring (bicyclic) bond motifs is 1. The number of benzene rings is 2. The summed E-state index contributed by atoms with van der Waals surface area (Å²) in [6.45, 7) is 0. The van der Waals surface area contributed by atoms with Gasteiger partial charge in [0.1, 0.15) is 0 Å². The summed E-state index contributed by atoms with van der Waals surface area (Å²) < 4.78 is 5.12. The van der Waals surface area contributed by atoms with E-state index in [4.69, 9.17) is 4.74 Å². The molecule has 0 aliphatic carbocycles. The lowest BCUT2D eigenvalue weighted by molar-refractivity contribution is -0.436. The van der Waals surface area contributed by atoms with Gasteiger partial charge in [-0.05, 0) is 18.2 Å². The maximum atomic E-state index is 11.8. The number of ether oxygens (including phenoxy) is 1. The van der Waals surface area contributed by atoms with E-state index in [9.17, 15) is 25.0 Å². The Kier molecular flexibility index (Phi) is 4.12. The quantitative estimate of drug-likeness (QED) is 0.503. The smallest absolute Gasteiger partial charge is 0.339 e. The fourth-order valence-corrected chi connectivity index (χ4v) is 2.43. The summed E-state index contributed by atoms with van der Waals surface area (Å²) in [5.41, 5.74) is 0.679. The molecule has 1 N–H and O–H groups in total. The van der Waals surface area contributed by atoms with Crippen molar-refractivity contribution in [2.24, 2.45) is 0 Å². The molecule has 3 rings (SSSR count). The van der Waals surface area contributed by atoms with Gasteiger partial charge in [-0.3, -0.25) is 20.2 Å². The summed E-state index contributed by atoms with van der Waals surface area (Å²) >= 11 is 0. The molecule has 0 radical (unpaired) electrons. The minimum atomic E-state index is -1.12. The van der Waals surface area contributed by atoms with Gasteiger partial charge in [-0.25, -0.2) is 4.79 Å². The lowest BCUT2D eigenvalue weighted by Crippen LogP contribution is -2.12. The van der Waals surface area contributed by atoms with E-state index in [0.29, 0.717) is 11.3 Å². The molecule has 1 heterocycles. The molecule has 0 aromatic heterocycles. The topological polar surface area (TPSA) is 125 Å². The lowest BCUT2D eigenvalue weighted by atomic mass is 10.0. The van der Waals surface area contributed by atoms with Crippen molar-refractivity contribution < 1.29 is 19.4 Å². The predicted octanol–water partition coefficient (Wildman–Crippen LogP) is 3.04. The van der Waals surface area contributed by atoms with Crippen LogP contribution in [0.25, 0.3) is 0 Å². The zero-order valence-corrected chi connectivity index (χ0v) is 12.6. The number of rotatable bonds is 5. The van der Waals surface area contributed by atoms with Gasteiger partial charge in [-0.1, -0.05) is 18.2 Å². The molecule has 1 unspecified atom stereocenters. The fourth-order valence-electron chi connectivity index (χ4n) is 2.43. The number of carbonyl (C=O) groups is 1. The first-order chi connectivity index (χ1) is 12.0. The highest BCUT2D eigenvalue weighted by atomic mass is 16.6. The maximum absolute atomic E-state index is 11.8. The van der Waals surface area contributed by atoms with Crippen LogP contribution in [0.1, 0.15) is 22.0 Å². The summed E-state index contributed by atoms with van der Waals surface area (Å²) in [4.78, 5) is 32.6. The molecule has 0 bridgehead atoms. The number of carbonyl (C=O) groups excluding carboxylic acids is 1. The number of nitro benzene ring substituents is 1. The Bertz CT molecular complexity index is 891. The van der Waals surface area contributed by atoms with Crippen molar-refractivity contribution in [1.29, 1.82) is 0 Å². The van der Waals surface area contributed by atoms with E-state index in [1.807, 2.05) is 0 Å². The largest absolute Gasteiger partial charge is 0.442 e. The van der Waals surface area contributed by atoms with Crippen LogP contribution in [0.15, 0.2) is 60.4 Å². The standard InChI is InChI=1S/C16H11N3O6/c20-16-13-4-2-1-3-12(13)15(25-16)14(19(23)24)9-17-10-5-7-11(8-6-10)18(21)22/h1-9,15,17H/b14-9+. The highest BCUT2D eigenvalue weighted by Gasteiger charge is 2.39. The summed E-state index contributed by atoms with van der Waals surface area (Å²) in [7, 11) is 0. The first-order valence-electron chi connectivity index (χ1n) is 7.12. The van der Waals surface area contributed by atoms with E-state index in [1.165, 1.54) is 24.3 Å². The summed E-state index contributed by atoms with van der Waals surface area (Å²) in [5.74, 6) is -0.622. The monoisotopic (exact) mass is 341 g/mol. The van der Waals surface area contributed by atoms with Crippen LogP contribution in [0, 0.1) is 20.2 Å². The molecule has 126 valence electrons. The van der Waals surface area contributed by atoms with Gasteiger partial charge >= 0.3 is 11.7 Å². The summed E-state index contributed by atoms with van der Waals surface area (Å²) in [5, 5.41) is 24.7. The second-order valence-electron chi connectivity index (χ2n) is 5.15. The van der Waals surface area contributed by atoms with E-state index in [-0.39, 0.29) is 16.9 Å². The number of cyclic esters (lactones) is 1. The molecule has 2 aromatic rings. The Balaban J connectivity index is 1.87. The molecule has 0 spiro atoms. The predicted molar refractivity (Wildman–Crippen MR) is 86.4 cm³/mol. The molecule has 1 aliphatic heterocycles. The van der Waals surface area contributed by atoms with Crippen molar-refractivity contribution >= 4 is 17.3 Å². The number of hydrogen-bond donors (Lipinski definition) is 1. The molecule has 2 aromatic carbocycles. The van der Waals surface area contributed by atoms with Crippen molar-refractivity contribution in [2.45, 2.75) is 6.10 Å². The van der Waals surface area contributed by atoms with Crippen LogP contribution in [-0.2, 0) is 4.74 Å². The molecule has 25 heavy (non-hydrogen) atoms.